The van der Waals surface area contributed by atoms with Crippen molar-refractivity contribution in [2.75, 3.05) is 50.7 Å². The summed E-state index contributed by atoms with van der Waals surface area (Å²) in [4.78, 5) is 19.2. The molecule has 1 aliphatic carbocycles. The summed E-state index contributed by atoms with van der Waals surface area (Å²) in [5.41, 5.74) is 2.27. The van der Waals surface area contributed by atoms with Crippen LogP contribution < -0.4 is 9.62 Å². The first-order chi connectivity index (χ1) is 18.0. The molecule has 0 atom stereocenters. The number of amides is 2. The number of hydrogen-bond donors (Lipinski definition) is 1. The number of ether oxygens (including phenoxy) is 1. The molecule has 11 heteroatoms. The van der Waals surface area contributed by atoms with Gasteiger partial charge in [-0.15, -0.1) is 0 Å². The highest BCUT2D eigenvalue weighted by atomic mass is 32.2. The van der Waals surface area contributed by atoms with Gasteiger partial charge >= 0.3 is 16.2 Å². The van der Waals surface area contributed by atoms with Crippen molar-refractivity contribution in [1.82, 2.24) is 24.1 Å². The van der Waals surface area contributed by atoms with Crippen LogP contribution in [-0.2, 0) is 26.9 Å². The van der Waals surface area contributed by atoms with Gasteiger partial charge in [-0.25, -0.2) is 9.78 Å². The molecule has 3 heterocycles. The van der Waals surface area contributed by atoms with E-state index in [0.717, 1.165) is 68.7 Å². The number of carbonyl (C=O) groups excluding carboxylic acids is 1. The van der Waals surface area contributed by atoms with Gasteiger partial charge in [0.1, 0.15) is 5.82 Å². The van der Waals surface area contributed by atoms with Gasteiger partial charge in [0.25, 0.3) is 0 Å². The van der Waals surface area contributed by atoms with E-state index in [2.05, 4.69) is 30.7 Å². The van der Waals surface area contributed by atoms with E-state index in [9.17, 15) is 13.2 Å². The molecule has 1 N–H and O–H groups in total. The van der Waals surface area contributed by atoms with Crippen LogP contribution >= 0.6 is 0 Å². The Morgan fingerprint density at radius 3 is 2.39 bits per heavy atom. The number of aromatic nitrogens is 2. The molecule has 10 nitrogen and oxygen atoms in total. The number of nitrogens with one attached hydrogen (secondary N) is 1. The number of urea groups is 1. The zero-order valence-corrected chi connectivity index (χ0v) is 24.0. The zero-order chi connectivity index (χ0) is 27.1. The summed E-state index contributed by atoms with van der Waals surface area (Å²) in [6.07, 6.45) is 5.29. The Morgan fingerprint density at radius 2 is 1.79 bits per heavy atom. The van der Waals surface area contributed by atoms with Gasteiger partial charge in [-0.1, -0.05) is 20.8 Å². The summed E-state index contributed by atoms with van der Waals surface area (Å²) in [5, 5.41) is 3.04. The van der Waals surface area contributed by atoms with E-state index in [-0.39, 0.29) is 30.6 Å². The summed E-state index contributed by atoms with van der Waals surface area (Å²) in [7, 11) is -2.15. The highest BCUT2D eigenvalue weighted by molar-refractivity contribution is 7.90. The predicted octanol–water partition coefficient (Wildman–Crippen LogP) is 3.32. The molecule has 0 spiro atoms. The van der Waals surface area contributed by atoms with E-state index >= 15 is 0 Å². The van der Waals surface area contributed by atoms with Crippen molar-refractivity contribution >= 4 is 33.0 Å². The molecule has 0 bridgehead atoms. The zero-order valence-electron chi connectivity index (χ0n) is 23.1. The van der Waals surface area contributed by atoms with Crippen LogP contribution in [0.5, 0.6) is 0 Å². The van der Waals surface area contributed by atoms with Gasteiger partial charge in [-0.05, 0) is 56.2 Å². The lowest BCUT2D eigenvalue weighted by Gasteiger charge is -2.37. The number of fused-ring (bicyclic) bond motifs is 1. The lowest BCUT2D eigenvalue weighted by atomic mass is 9.93. The van der Waals surface area contributed by atoms with Crippen LogP contribution in [0.3, 0.4) is 0 Å². The molecule has 1 aromatic heterocycles. The quantitative estimate of drug-likeness (QED) is 0.599. The van der Waals surface area contributed by atoms with E-state index < -0.39 is 10.2 Å². The molecular formula is C27H42N6O4S. The highest BCUT2D eigenvalue weighted by Crippen LogP contribution is 2.32. The fraction of sp³-hybridized carbons (Fsp3) is 0.704. The van der Waals surface area contributed by atoms with Gasteiger partial charge < -0.3 is 19.5 Å². The van der Waals surface area contributed by atoms with Crippen LogP contribution in [0.25, 0.3) is 11.0 Å². The van der Waals surface area contributed by atoms with Gasteiger partial charge in [-0.2, -0.15) is 12.7 Å². The molecule has 2 saturated heterocycles. The third-order valence-electron chi connectivity index (χ3n) is 8.18. The summed E-state index contributed by atoms with van der Waals surface area (Å²) in [6, 6.07) is 5.93. The minimum Gasteiger partial charge on any atom is -0.381 e. The molecule has 2 aliphatic heterocycles. The van der Waals surface area contributed by atoms with E-state index in [4.69, 9.17) is 9.72 Å². The molecule has 1 aromatic carbocycles. The lowest BCUT2D eigenvalue weighted by molar-refractivity contribution is 0.0611. The molecule has 3 fully saturated rings. The molecule has 3 aliphatic rings. The summed E-state index contributed by atoms with van der Waals surface area (Å²) >= 11 is 0. The van der Waals surface area contributed by atoms with Gasteiger partial charge in [0.15, 0.2) is 0 Å². The Bertz CT molecular complexity index is 1250. The van der Waals surface area contributed by atoms with Gasteiger partial charge in [0.05, 0.1) is 16.7 Å². The average molecular weight is 547 g/mol. The van der Waals surface area contributed by atoms with Crippen LogP contribution in [-0.4, -0.2) is 85.7 Å². The molecule has 1 saturated carbocycles. The largest absolute Gasteiger partial charge is 0.381 e. The fourth-order valence-corrected chi connectivity index (χ4v) is 6.86. The van der Waals surface area contributed by atoms with Crippen LogP contribution in [0.2, 0.25) is 0 Å². The summed E-state index contributed by atoms with van der Waals surface area (Å²) in [5.74, 6) is 1.55. The molecular weight excluding hydrogens is 504 g/mol. The van der Waals surface area contributed by atoms with Crippen molar-refractivity contribution in [2.45, 2.75) is 70.9 Å². The molecule has 38 heavy (non-hydrogen) atoms. The van der Waals surface area contributed by atoms with Crippen LogP contribution in [0.15, 0.2) is 18.2 Å². The maximum absolute atomic E-state index is 13.5. The number of nitrogens with zero attached hydrogens (tertiary/aromatic N) is 5. The molecule has 0 unspecified atom stereocenters. The van der Waals surface area contributed by atoms with Gasteiger partial charge in [-0.3, -0.25) is 4.31 Å². The Morgan fingerprint density at radius 1 is 1.11 bits per heavy atom. The van der Waals surface area contributed by atoms with Gasteiger partial charge in [0.2, 0.25) is 0 Å². The number of benzene rings is 1. The smallest absolute Gasteiger partial charge is 0.317 e. The fourth-order valence-electron chi connectivity index (χ4n) is 5.51. The number of rotatable bonds is 6. The minimum absolute atomic E-state index is 0.0865. The summed E-state index contributed by atoms with van der Waals surface area (Å²) in [6.45, 7) is 10.3. The van der Waals surface area contributed by atoms with E-state index in [1.54, 1.807) is 11.9 Å². The van der Waals surface area contributed by atoms with Crippen LogP contribution in [0.1, 0.15) is 58.7 Å². The van der Waals surface area contributed by atoms with Crippen molar-refractivity contribution in [3.05, 3.63) is 24.0 Å². The Kier molecular flexibility index (Phi) is 7.63. The third-order valence-corrected chi connectivity index (χ3v) is 10.1. The Labute approximate surface area is 226 Å². The Balaban J connectivity index is 1.32. The van der Waals surface area contributed by atoms with Crippen molar-refractivity contribution in [2.24, 2.45) is 5.92 Å². The number of imidazole rings is 1. The van der Waals surface area contributed by atoms with Crippen molar-refractivity contribution in [3.63, 3.8) is 0 Å². The first-order valence-electron chi connectivity index (χ1n) is 13.9. The van der Waals surface area contributed by atoms with E-state index in [0.29, 0.717) is 24.7 Å². The second kappa shape index (κ2) is 10.7. The predicted molar refractivity (Wildman–Crippen MR) is 149 cm³/mol. The first-order valence-corrected chi connectivity index (χ1v) is 15.3. The number of piperazine rings is 1. The maximum atomic E-state index is 13.5. The molecule has 210 valence electrons. The van der Waals surface area contributed by atoms with Crippen molar-refractivity contribution < 1.29 is 17.9 Å². The SMILES string of the molecule is CN(c1ccc2c(c1)nc(C(C)(C)C)n2CC1CCOCC1)S(=O)(=O)N1CCN(C(=O)NC2CCC2)CC1. The highest BCUT2D eigenvalue weighted by Gasteiger charge is 2.33. The van der Waals surface area contributed by atoms with Crippen LogP contribution in [0, 0.1) is 5.92 Å². The number of anilines is 1. The standard InChI is InChI=1S/C27H42N6O4S/c1-27(2,3)25-29-23-18-22(8-9-24(23)33(25)19-20-10-16-37-17-11-20)30(4)38(35,36)32-14-12-31(13-15-32)26(34)28-21-6-5-7-21/h8-9,18,20-21H,5-7,10-17,19H2,1-4H3,(H,28,34). The van der Waals surface area contributed by atoms with Crippen molar-refractivity contribution in [3.8, 4) is 0 Å². The molecule has 2 aromatic rings. The second-order valence-electron chi connectivity index (χ2n) is 12.0. The molecule has 2 amide bonds. The third kappa shape index (κ3) is 5.51. The number of carbonyl (C=O) groups is 1. The molecule has 0 radical (unpaired) electrons. The van der Waals surface area contributed by atoms with E-state index in [1.807, 2.05) is 18.2 Å². The molecule has 5 rings (SSSR count). The van der Waals surface area contributed by atoms with Crippen LogP contribution in [0.4, 0.5) is 10.5 Å². The maximum Gasteiger partial charge on any atom is 0.317 e. The number of hydrogen-bond acceptors (Lipinski definition) is 5. The van der Waals surface area contributed by atoms with Gasteiger partial charge in [0, 0.05) is 64.4 Å². The van der Waals surface area contributed by atoms with E-state index in [1.165, 1.54) is 8.61 Å². The monoisotopic (exact) mass is 546 g/mol. The lowest BCUT2D eigenvalue weighted by Crippen LogP contribution is -2.57. The first kappa shape index (κ1) is 27.2. The summed E-state index contributed by atoms with van der Waals surface area (Å²) < 4.78 is 37.7. The Hall–Kier alpha value is -2.37. The second-order valence-corrected chi connectivity index (χ2v) is 13.9. The normalized spacial score (nSPS) is 20.5. The topological polar surface area (TPSA) is 100 Å². The van der Waals surface area contributed by atoms with Crippen molar-refractivity contribution in [1.29, 1.82) is 0 Å². The average Bonchev–Trinajstić information content (AvgIpc) is 3.24. The minimum atomic E-state index is -3.74.